The summed E-state index contributed by atoms with van der Waals surface area (Å²) in [5.41, 5.74) is 19.4. The molecule has 12 rings (SSSR count). The molecular weight excluding hydrogens is 1020 g/mol. The Hall–Kier alpha value is -8.80. The lowest BCUT2D eigenvalue weighted by atomic mass is 9.62. The van der Waals surface area contributed by atoms with Gasteiger partial charge >= 0.3 is 0 Å². The zero-order valence-corrected chi connectivity index (χ0v) is 50.5. The number of rotatable bonds is 12. The molecule has 0 amide bonds. The smallest absolute Gasteiger partial charge is 0.158 e. The van der Waals surface area contributed by atoms with Gasteiger partial charge in [0.15, 0.2) is 11.3 Å². The summed E-state index contributed by atoms with van der Waals surface area (Å²) in [6, 6.07) is 52.8. The summed E-state index contributed by atoms with van der Waals surface area (Å²) in [6.07, 6.45) is 26.8. The van der Waals surface area contributed by atoms with Crippen molar-refractivity contribution in [3.05, 3.63) is 264 Å². The van der Waals surface area contributed by atoms with Crippen molar-refractivity contribution in [2.75, 3.05) is 5.32 Å². The zero-order chi connectivity index (χ0) is 58.9. The van der Waals surface area contributed by atoms with Crippen LogP contribution in [-0.2, 0) is 17.3 Å². The number of para-hydroxylation sites is 3. The highest BCUT2D eigenvalue weighted by Gasteiger charge is 2.43. The fourth-order valence-electron chi connectivity index (χ4n) is 12.9. The monoisotopic (exact) mass is 1100 g/mol. The second-order valence-electron chi connectivity index (χ2n) is 25.1. The number of phenols is 1. The van der Waals surface area contributed by atoms with E-state index in [-0.39, 0.29) is 34.0 Å². The number of furan rings is 2. The summed E-state index contributed by atoms with van der Waals surface area (Å²) in [6.45, 7) is 28.7. The summed E-state index contributed by atoms with van der Waals surface area (Å²) in [5, 5.41) is 18.5. The Morgan fingerprint density at radius 3 is 1.94 bits per heavy atom. The van der Waals surface area contributed by atoms with Gasteiger partial charge in [-0.2, -0.15) is 0 Å². The molecule has 9 aromatic rings. The second-order valence-corrected chi connectivity index (χ2v) is 25.1. The molecule has 0 bridgehead atoms. The number of nitrogens with zero attached hydrogens (tertiary/aromatic N) is 1. The van der Waals surface area contributed by atoms with Gasteiger partial charge in [0.25, 0.3) is 0 Å². The minimum Gasteiger partial charge on any atom is -0.507 e. The third kappa shape index (κ3) is 11.0. The number of hydrogen-bond acceptors (Lipinski definition) is 5. The van der Waals surface area contributed by atoms with Crippen LogP contribution >= 0.6 is 0 Å². The second kappa shape index (κ2) is 23.5. The lowest BCUT2D eigenvalue weighted by Gasteiger charge is -2.46. The highest BCUT2D eigenvalue weighted by Crippen LogP contribution is 2.54. The molecule has 0 saturated heterocycles. The molecule has 3 aliphatic carbocycles. The molecule has 7 aromatic carbocycles. The van der Waals surface area contributed by atoms with E-state index in [2.05, 4.69) is 254 Å². The standard InChI is InChI=1S/C51H55NO2.C28H25NO/c1-9-17-38-33-40(31-32-51(38,8)34(4)47-41(18-10-2)35(11-3)27-30-46(47)53)52(39-28-25-37(26-29-39)36-19-13-12-14-20-36)45-24-16-22-43-42-21-15-23-44(50(5,6)7)48(42)54-49(43)45;1-28(2,3)24-13-7-11-22-23-12-8-14-25(27(23)30-26(22)24)29-21-17-15-20(16-18-21)19-9-5-4-6-10-19/h9-15,17-21,23-28,30-31,38-39,53H,3-4,16,22,29,32-33H2,1-2,5-8H3;4-18,29H,1-3H3/b17-9-,18-10-;. The minimum absolute atomic E-state index is 0.0221. The van der Waals surface area contributed by atoms with Crippen LogP contribution in [-0.4, -0.2) is 16.0 Å². The van der Waals surface area contributed by atoms with Crippen LogP contribution in [0.15, 0.2) is 228 Å². The molecule has 84 heavy (non-hydrogen) atoms. The van der Waals surface area contributed by atoms with E-state index in [1.165, 1.54) is 55.4 Å². The van der Waals surface area contributed by atoms with Gasteiger partial charge < -0.3 is 24.2 Å². The van der Waals surface area contributed by atoms with Gasteiger partial charge in [-0.05, 0) is 126 Å². The normalized spacial score (nSPS) is 18.1. The van der Waals surface area contributed by atoms with Crippen molar-refractivity contribution in [2.24, 2.45) is 11.3 Å². The molecule has 0 radical (unpaired) electrons. The zero-order valence-electron chi connectivity index (χ0n) is 50.5. The summed E-state index contributed by atoms with van der Waals surface area (Å²) >= 11 is 0. The SMILES string of the molecule is C=Cc1ccc(O)c(C(=C)C2(C)CC=C(N(C3=CCCc4c3oc3c(C(C)(C)C)cccc43)C3C=CC(c4ccccc4)=CC3)CC2/C=C\C)c1/C=C\C.CC(C)(C)c1cccc2c1oc1c(Nc3ccc(-c4ccccc4)cc3)cccc12. The van der Waals surface area contributed by atoms with Crippen molar-refractivity contribution >= 4 is 73.3 Å². The van der Waals surface area contributed by atoms with Gasteiger partial charge in [-0.25, -0.2) is 0 Å². The van der Waals surface area contributed by atoms with Gasteiger partial charge in [0, 0.05) is 55.2 Å². The number of anilines is 2. The van der Waals surface area contributed by atoms with E-state index in [1.807, 2.05) is 31.2 Å². The van der Waals surface area contributed by atoms with Crippen LogP contribution in [0.2, 0.25) is 0 Å². The molecule has 0 saturated carbocycles. The van der Waals surface area contributed by atoms with E-state index in [4.69, 9.17) is 15.4 Å². The Morgan fingerprint density at radius 2 is 1.31 bits per heavy atom. The van der Waals surface area contributed by atoms with Crippen molar-refractivity contribution in [1.29, 1.82) is 0 Å². The van der Waals surface area contributed by atoms with Gasteiger partial charge in [-0.1, -0.05) is 250 Å². The summed E-state index contributed by atoms with van der Waals surface area (Å²) in [7, 11) is 0. The van der Waals surface area contributed by atoms with Crippen molar-refractivity contribution in [3.8, 4) is 16.9 Å². The van der Waals surface area contributed by atoms with Crippen LogP contribution < -0.4 is 5.32 Å². The molecule has 5 heteroatoms. The number of hydrogen-bond donors (Lipinski definition) is 2. The highest BCUT2D eigenvalue weighted by molar-refractivity contribution is 6.10. The predicted molar refractivity (Wildman–Crippen MR) is 358 cm³/mol. The Labute approximate surface area is 498 Å². The van der Waals surface area contributed by atoms with E-state index >= 15 is 0 Å². The van der Waals surface area contributed by atoms with Crippen LogP contribution in [0.3, 0.4) is 0 Å². The Morgan fingerprint density at radius 1 is 0.679 bits per heavy atom. The fourth-order valence-corrected chi connectivity index (χ4v) is 12.9. The van der Waals surface area contributed by atoms with E-state index in [0.29, 0.717) is 0 Å². The van der Waals surface area contributed by atoms with Crippen LogP contribution in [0.4, 0.5) is 11.4 Å². The molecule has 2 heterocycles. The summed E-state index contributed by atoms with van der Waals surface area (Å²) in [5.74, 6) is 1.39. The average Bonchev–Trinajstić information content (AvgIpc) is 3.12. The number of aryl methyl sites for hydroxylation is 1. The fraction of sp³-hybridized carbons (Fsp3) is 0.241. The van der Waals surface area contributed by atoms with Gasteiger partial charge in [-0.3, -0.25) is 0 Å². The predicted octanol–water partition coefficient (Wildman–Crippen LogP) is 22.0. The maximum atomic E-state index is 11.4. The molecule has 0 aliphatic heterocycles. The van der Waals surface area contributed by atoms with Gasteiger partial charge in [-0.15, -0.1) is 0 Å². The van der Waals surface area contributed by atoms with Crippen LogP contribution in [0.5, 0.6) is 5.75 Å². The Bertz CT molecular complexity index is 4120. The topological polar surface area (TPSA) is 61.8 Å². The van der Waals surface area contributed by atoms with Crippen LogP contribution in [0.25, 0.3) is 73.0 Å². The molecule has 3 unspecified atom stereocenters. The summed E-state index contributed by atoms with van der Waals surface area (Å²) in [4.78, 5) is 2.59. The molecule has 3 atom stereocenters. The molecule has 2 aromatic heterocycles. The average molecular weight is 1110 g/mol. The molecular formula is C79H80N2O3. The van der Waals surface area contributed by atoms with Crippen LogP contribution in [0, 0.1) is 11.3 Å². The highest BCUT2D eigenvalue weighted by atomic mass is 16.3. The van der Waals surface area contributed by atoms with E-state index in [9.17, 15) is 5.11 Å². The Balaban J connectivity index is 0.000000206. The van der Waals surface area contributed by atoms with E-state index < -0.39 is 0 Å². The number of aromatic hydroxyl groups is 1. The molecule has 2 N–H and O–H groups in total. The molecule has 0 fully saturated rings. The third-order valence-corrected chi connectivity index (χ3v) is 17.5. The number of fused-ring (bicyclic) bond motifs is 6. The lowest BCUT2D eigenvalue weighted by Crippen LogP contribution is -2.38. The third-order valence-electron chi connectivity index (χ3n) is 17.5. The first-order chi connectivity index (χ1) is 40.5. The number of phenolic OH excluding ortho intramolecular Hbond substituents is 1. The number of nitrogens with one attached hydrogen (secondary N) is 1. The number of allylic oxidation sites excluding steroid dienone is 9. The first-order valence-corrected chi connectivity index (χ1v) is 30.0. The van der Waals surface area contributed by atoms with Crippen molar-refractivity contribution in [1.82, 2.24) is 4.90 Å². The Kier molecular flexibility index (Phi) is 15.9. The van der Waals surface area contributed by atoms with Crippen molar-refractivity contribution in [2.45, 2.75) is 111 Å². The largest absolute Gasteiger partial charge is 0.507 e. The molecule has 424 valence electrons. The lowest BCUT2D eigenvalue weighted by molar-refractivity contribution is 0.267. The van der Waals surface area contributed by atoms with E-state index in [1.54, 1.807) is 6.07 Å². The number of benzene rings is 7. The van der Waals surface area contributed by atoms with Gasteiger partial charge in [0.05, 0.1) is 17.4 Å². The van der Waals surface area contributed by atoms with Crippen molar-refractivity contribution in [3.63, 3.8) is 0 Å². The van der Waals surface area contributed by atoms with Crippen LogP contribution in [0.1, 0.15) is 133 Å². The van der Waals surface area contributed by atoms with Crippen molar-refractivity contribution < 1.29 is 13.9 Å². The first kappa shape index (κ1) is 57.0. The minimum atomic E-state index is -0.342. The maximum absolute atomic E-state index is 11.4. The van der Waals surface area contributed by atoms with Gasteiger partial charge in [0.1, 0.15) is 16.9 Å². The van der Waals surface area contributed by atoms with E-state index in [0.717, 1.165) is 99.3 Å². The quantitative estimate of drug-likeness (QED) is 0.119. The van der Waals surface area contributed by atoms with Gasteiger partial charge in [0.2, 0.25) is 0 Å². The first-order valence-electron chi connectivity index (χ1n) is 30.0. The molecule has 5 nitrogen and oxygen atoms in total. The molecule has 3 aliphatic rings. The maximum Gasteiger partial charge on any atom is 0.158 e. The summed E-state index contributed by atoms with van der Waals surface area (Å²) < 4.78 is 13.5. The molecule has 0 spiro atoms.